The van der Waals surface area contributed by atoms with Gasteiger partial charge in [-0.15, -0.1) is 0 Å². The van der Waals surface area contributed by atoms with Crippen molar-refractivity contribution in [1.82, 2.24) is 19.5 Å². The number of rotatable bonds is 13. The maximum absolute atomic E-state index is 15.6. The van der Waals surface area contributed by atoms with Crippen molar-refractivity contribution in [2.75, 3.05) is 45.5 Å². The lowest BCUT2D eigenvalue weighted by Crippen LogP contribution is -2.23. The molecule has 0 spiro atoms. The monoisotopic (exact) mass is 1020 g/mol. The molecule has 1 aliphatic carbocycles. The number of nitrogens with zero attached hydrogens (tertiary/aromatic N) is 3. The third kappa shape index (κ3) is 11.0. The molecule has 0 radical (unpaired) electrons. The zero-order valence-corrected chi connectivity index (χ0v) is 41.5. The summed E-state index contributed by atoms with van der Waals surface area (Å²) in [6.45, 7) is 1.35. The smallest absolute Gasteiger partial charge is 0.198 e. The van der Waals surface area contributed by atoms with Crippen LogP contribution in [0.2, 0.25) is 0 Å². The standard InChI is InChI=1S/C30H31FN2O5S.C25H25FN2O4S/c1-39(35)24-11-9-20(10-12-24)19-5-7-21(8-6-19)30-25(31)15-27-26(32-30)16-29(33(27)28-4-2-3-13-36-28)38-23-14-22(17-34)37-18-23;1-33(30)20-8-6-16(7-9-20)15-2-4-17(5-3-15)25-21(26)11-22-23(28-25)12-24(27-22)32-19-10-18(13-29)31-14-19/h5-12,15-16,22-23,28,34H,2-4,13-14,17-18H2,1H3;2-6,8-9,11-12,16,18-19,27,29H,7,10,13-14H2,1H3/t22-,23-,28?,39?;16?,18-,19-,33?/m00/s1. The number of aliphatic hydroxyl groups excluding tert-OH is 2. The Hall–Kier alpha value is -5.92. The van der Waals surface area contributed by atoms with Gasteiger partial charge in [0.2, 0.25) is 0 Å². The molecule has 3 N–H and O–H groups in total. The number of H-pyrrole nitrogens is 1. The van der Waals surface area contributed by atoms with Gasteiger partial charge in [-0.3, -0.25) is 13.0 Å². The van der Waals surface area contributed by atoms with Crippen LogP contribution in [0.1, 0.15) is 56.2 Å². The molecule has 3 aliphatic heterocycles. The minimum atomic E-state index is -1.03. The number of aromatic amines is 1. The van der Waals surface area contributed by atoms with Crippen LogP contribution < -0.4 is 9.47 Å². The number of halogens is 2. The summed E-state index contributed by atoms with van der Waals surface area (Å²) < 4.78 is 84.9. The van der Waals surface area contributed by atoms with Gasteiger partial charge in [-0.1, -0.05) is 72.8 Å². The van der Waals surface area contributed by atoms with Gasteiger partial charge in [0.05, 0.1) is 60.7 Å². The van der Waals surface area contributed by atoms with Crippen molar-refractivity contribution in [3.8, 4) is 45.4 Å². The van der Waals surface area contributed by atoms with Crippen molar-refractivity contribution in [2.45, 2.75) is 80.0 Å². The topological polar surface area (TPSA) is 167 Å². The molecular formula is C55H56F2N4O9S2. The lowest BCUT2D eigenvalue weighted by atomic mass is 9.91. The Balaban J connectivity index is 0.000000168. The summed E-state index contributed by atoms with van der Waals surface area (Å²) in [5.74, 6) is 0.446. The molecule has 17 heteroatoms. The average Bonchev–Trinajstić information content (AvgIpc) is 4.23. The molecule has 376 valence electrons. The number of ether oxygens (including phenoxy) is 5. The molecule has 13 nitrogen and oxygen atoms in total. The summed E-state index contributed by atoms with van der Waals surface area (Å²) >= 11 is 0. The summed E-state index contributed by atoms with van der Waals surface area (Å²) in [5.41, 5.74) is 7.43. The van der Waals surface area contributed by atoms with Gasteiger partial charge in [0.25, 0.3) is 0 Å². The third-order valence-corrected chi connectivity index (χ3v) is 15.4. The molecule has 0 saturated carbocycles. The Kier molecular flexibility index (Phi) is 15.2. The maximum atomic E-state index is 15.6. The number of hydrogen-bond donors (Lipinski definition) is 3. The van der Waals surface area contributed by atoms with Crippen LogP contribution in [0.25, 0.3) is 55.7 Å². The highest BCUT2D eigenvalue weighted by Gasteiger charge is 2.31. The van der Waals surface area contributed by atoms with E-state index in [9.17, 15) is 23.0 Å². The van der Waals surface area contributed by atoms with Crippen molar-refractivity contribution < 1.29 is 51.1 Å². The largest absolute Gasteiger partial charge is 0.473 e. The Morgan fingerprint density at radius 3 is 1.92 bits per heavy atom. The molecule has 4 aliphatic rings. The van der Waals surface area contributed by atoms with Gasteiger partial charge in [0.1, 0.15) is 29.8 Å². The van der Waals surface area contributed by atoms with Gasteiger partial charge in [0.15, 0.2) is 23.4 Å². The van der Waals surface area contributed by atoms with Crippen molar-refractivity contribution in [2.24, 2.45) is 0 Å². The number of aromatic nitrogens is 4. The molecule has 8 atom stereocenters. The highest BCUT2D eigenvalue weighted by Crippen LogP contribution is 2.38. The van der Waals surface area contributed by atoms with E-state index in [-0.39, 0.29) is 61.2 Å². The van der Waals surface area contributed by atoms with E-state index in [0.717, 1.165) is 52.2 Å². The maximum Gasteiger partial charge on any atom is 0.198 e. The van der Waals surface area contributed by atoms with Crippen LogP contribution in [0.3, 0.4) is 0 Å². The second-order valence-electron chi connectivity index (χ2n) is 18.4. The van der Waals surface area contributed by atoms with E-state index in [0.29, 0.717) is 77.6 Å². The van der Waals surface area contributed by atoms with Gasteiger partial charge < -0.3 is 38.9 Å². The summed E-state index contributed by atoms with van der Waals surface area (Å²) in [5, 5.41) is 18.6. The van der Waals surface area contributed by atoms with E-state index in [1.54, 1.807) is 18.6 Å². The molecule has 3 aromatic carbocycles. The molecule has 4 unspecified atom stereocenters. The molecule has 3 saturated heterocycles. The predicted octanol–water partition coefficient (Wildman–Crippen LogP) is 9.68. The Labute approximate surface area is 420 Å². The molecule has 11 rings (SSSR count). The van der Waals surface area contributed by atoms with Crippen LogP contribution in [0.15, 0.2) is 125 Å². The molecule has 72 heavy (non-hydrogen) atoms. The highest BCUT2D eigenvalue weighted by molar-refractivity contribution is 7.88. The van der Waals surface area contributed by atoms with E-state index in [2.05, 4.69) is 16.0 Å². The summed E-state index contributed by atoms with van der Waals surface area (Å²) in [4.78, 5) is 13.9. The lowest BCUT2D eigenvalue weighted by molar-refractivity contribution is -0.0350. The lowest BCUT2D eigenvalue weighted by Gasteiger charge is -2.27. The van der Waals surface area contributed by atoms with E-state index < -0.39 is 33.2 Å². The number of aliphatic hydroxyl groups is 2. The molecule has 3 fully saturated rings. The van der Waals surface area contributed by atoms with Crippen LogP contribution in [0, 0.1) is 11.6 Å². The van der Waals surface area contributed by atoms with E-state index in [1.165, 1.54) is 12.1 Å². The first-order valence-corrected chi connectivity index (χ1v) is 27.3. The SMILES string of the molecule is CS(=O)C1=CCC(c2ccc(-c3nc4cc(O[C@@H]5CO[C@H](CO)C5)[nH]c4cc3F)cc2)C=C1.CS(=O)c1ccc(-c2ccc(-c3nc4cc(O[C@@H]5CO[C@H](CO)C5)n(C5CCCCO5)c4cc3F)cc2)cc1. The normalized spacial score (nSPS) is 22.9. The molecule has 4 aromatic heterocycles. The number of hydrogen-bond acceptors (Lipinski definition) is 11. The predicted molar refractivity (Wildman–Crippen MR) is 274 cm³/mol. The highest BCUT2D eigenvalue weighted by atomic mass is 32.2. The minimum Gasteiger partial charge on any atom is -0.473 e. The molecule has 7 aromatic rings. The molecule has 0 bridgehead atoms. The fourth-order valence-electron chi connectivity index (χ4n) is 9.61. The third-order valence-electron chi connectivity index (χ3n) is 13.5. The zero-order chi connectivity index (χ0) is 49.9. The van der Waals surface area contributed by atoms with Crippen LogP contribution in [-0.4, -0.2) is 108 Å². The van der Waals surface area contributed by atoms with Crippen molar-refractivity contribution in [3.05, 3.63) is 137 Å². The summed E-state index contributed by atoms with van der Waals surface area (Å²) in [6, 6.07) is 29.5. The Morgan fingerprint density at radius 1 is 0.722 bits per heavy atom. The van der Waals surface area contributed by atoms with E-state index in [1.807, 2.05) is 95.6 Å². The van der Waals surface area contributed by atoms with Crippen molar-refractivity contribution >= 4 is 43.7 Å². The van der Waals surface area contributed by atoms with E-state index in [4.69, 9.17) is 28.7 Å². The Morgan fingerprint density at radius 2 is 1.33 bits per heavy atom. The quantitative estimate of drug-likeness (QED) is 0.101. The van der Waals surface area contributed by atoms with E-state index >= 15 is 4.39 Å². The van der Waals surface area contributed by atoms with Gasteiger partial charge in [-0.2, -0.15) is 0 Å². The molecule has 0 amide bonds. The number of allylic oxidation sites excluding steroid dienone is 3. The fraction of sp³-hybridized carbons (Fsp3) is 0.345. The number of benzene rings is 3. The van der Waals surface area contributed by atoms with Gasteiger partial charge in [-0.25, -0.2) is 18.7 Å². The minimum absolute atomic E-state index is 0.0318. The Bertz CT molecular complexity index is 3150. The number of fused-ring (bicyclic) bond motifs is 2. The first kappa shape index (κ1) is 49.6. The number of nitrogens with one attached hydrogen (secondary N) is 1. The molecular weight excluding hydrogens is 963 g/mol. The van der Waals surface area contributed by atoms with Gasteiger partial charge in [0, 0.05) is 105 Å². The summed E-state index contributed by atoms with van der Waals surface area (Å²) in [6.07, 6.45) is 13.1. The summed E-state index contributed by atoms with van der Waals surface area (Å²) in [7, 11) is -2.00. The van der Waals surface area contributed by atoms with Crippen LogP contribution in [0.5, 0.6) is 11.8 Å². The van der Waals surface area contributed by atoms with Crippen LogP contribution >= 0.6 is 0 Å². The van der Waals surface area contributed by atoms with Crippen LogP contribution in [0.4, 0.5) is 8.78 Å². The fourth-order valence-corrected chi connectivity index (χ4v) is 10.7. The van der Waals surface area contributed by atoms with Gasteiger partial charge >= 0.3 is 0 Å². The van der Waals surface area contributed by atoms with Crippen molar-refractivity contribution in [3.63, 3.8) is 0 Å². The first-order valence-electron chi connectivity index (χ1n) is 24.2. The van der Waals surface area contributed by atoms with Crippen molar-refractivity contribution in [1.29, 1.82) is 0 Å². The second kappa shape index (κ2) is 22.1. The first-order chi connectivity index (χ1) is 35.0. The average molecular weight is 1020 g/mol. The van der Waals surface area contributed by atoms with Crippen LogP contribution in [-0.2, 0) is 35.8 Å². The second-order valence-corrected chi connectivity index (χ2v) is 21.2. The van der Waals surface area contributed by atoms with Gasteiger partial charge in [-0.05, 0) is 60.6 Å². The molecule has 7 heterocycles. The number of pyridine rings is 2. The zero-order valence-electron chi connectivity index (χ0n) is 39.9.